The number of aryl methyl sites for hydroxylation is 1. The zero-order valence-corrected chi connectivity index (χ0v) is 15.6. The van der Waals surface area contributed by atoms with Crippen LogP contribution in [0.15, 0.2) is 57.9 Å². The van der Waals surface area contributed by atoms with E-state index >= 15 is 0 Å². The van der Waals surface area contributed by atoms with Crippen molar-refractivity contribution >= 4 is 23.5 Å². The molecule has 0 aliphatic heterocycles. The number of aromatic nitrogens is 2. The van der Waals surface area contributed by atoms with Crippen molar-refractivity contribution in [3.63, 3.8) is 0 Å². The minimum Gasteiger partial charge on any atom is -0.467 e. The van der Waals surface area contributed by atoms with Gasteiger partial charge < -0.3 is 14.5 Å². The monoisotopic (exact) mass is 401 g/mol. The van der Waals surface area contributed by atoms with Gasteiger partial charge in [0.2, 0.25) is 11.1 Å². The third-order valence-corrected chi connectivity index (χ3v) is 4.00. The molecule has 0 saturated carbocycles. The van der Waals surface area contributed by atoms with Crippen LogP contribution in [-0.4, -0.2) is 28.3 Å². The molecule has 0 radical (unpaired) electrons. The maximum absolute atomic E-state index is 12.2. The Morgan fingerprint density at radius 2 is 2.00 bits per heavy atom. The van der Waals surface area contributed by atoms with Gasteiger partial charge in [-0.05, 0) is 43.3 Å². The standard InChI is InChI=1S/C19H16ClN3O5/c1-12-9-16(24)18(22-23(12)14-6-4-13(20)5-7-14)19(26)28-11-17(25)21-10-15-3-2-8-27-15/h2-9H,10-11H2,1H3,(H,21,25). The fourth-order valence-corrected chi connectivity index (χ4v) is 2.51. The van der Waals surface area contributed by atoms with Crippen molar-refractivity contribution in [2.45, 2.75) is 13.5 Å². The largest absolute Gasteiger partial charge is 0.467 e. The Labute approximate surface area is 164 Å². The second kappa shape index (κ2) is 8.53. The molecule has 1 aromatic carbocycles. The van der Waals surface area contributed by atoms with Crippen molar-refractivity contribution < 1.29 is 18.7 Å². The molecule has 2 heterocycles. The summed E-state index contributed by atoms with van der Waals surface area (Å²) in [6.07, 6.45) is 1.48. The third kappa shape index (κ3) is 4.66. The summed E-state index contributed by atoms with van der Waals surface area (Å²) in [6, 6.07) is 11.4. The number of nitrogens with one attached hydrogen (secondary N) is 1. The van der Waals surface area contributed by atoms with Crippen molar-refractivity contribution in [2.24, 2.45) is 0 Å². The minimum absolute atomic E-state index is 0.162. The molecule has 0 aliphatic rings. The summed E-state index contributed by atoms with van der Waals surface area (Å²) in [6.45, 7) is 1.30. The molecule has 9 heteroatoms. The van der Waals surface area contributed by atoms with E-state index in [9.17, 15) is 14.4 Å². The molecule has 8 nitrogen and oxygen atoms in total. The lowest BCUT2D eigenvalue weighted by Gasteiger charge is -2.11. The van der Waals surface area contributed by atoms with E-state index in [2.05, 4.69) is 10.4 Å². The number of amides is 1. The van der Waals surface area contributed by atoms with Crippen LogP contribution in [0.2, 0.25) is 5.02 Å². The van der Waals surface area contributed by atoms with E-state index < -0.39 is 29.6 Å². The second-order valence-electron chi connectivity index (χ2n) is 5.82. The lowest BCUT2D eigenvalue weighted by molar-refractivity contribution is -0.124. The van der Waals surface area contributed by atoms with E-state index in [1.54, 1.807) is 43.3 Å². The normalized spacial score (nSPS) is 10.5. The first-order valence-corrected chi connectivity index (χ1v) is 8.65. The maximum atomic E-state index is 12.2. The molecule has 0 bridgehead atoms. The topological polar surface area (TPSA) is 103 Å². The fraction of sp³-hybridized carbons (Fsp3) is 0.158. The molecule has 0 fully saturated rings. The van der Waals surface area contributed by atoms with Gasteiger partial charge in [0.1, 0.15) is 5.76 Å². The van der Waals surface area contributed by atoms with Gasteiger partial charge in [0, 0.05) is 16.8 Å². The van der Waals surface area contributed by atoms with Gasteiger partial charge in [0.15, 0.2) is 6.61 Å². The number of halogens is 1. The van der Waals surface area contributed by atoms with Crippen LogP contribution in [0.3, 0.4) is 0 Å². The number of hydrogen-bond acceptors (Lipinski definition) is 6. The van der Waals surface area contributed by atoms with Gasteiger partial charge in [-0.2, -0.15) is 5.10 Å². The summed E-state index contributed by atoms with van der Waals surface area (Å²) in [5.74, 6) is -0.957. The van der Waals surface area contributed by atoms with Gasteiger partial charge in [-0.25, -0.2) is 9.48 Å². The van der Waals surface area contributed by atoms with E-state index in [1.807, 2.05) is 0 Å². The van der Waals surface area contributed by atoms with E-state index in [4.69, 9.17) is 20.8 Å². The Morgan fingerprint density at radius 3 is 2.68 bits per heavy atom. The van der Waals surface area contributed by atoms with Crippen LogP contribution in [-0.2, 0) is 16.1 Å². The summed E-state index contributed by atoms with van der Waals surface area (Å²) in [7, 11) is 0. The summed E-state index contributed by atoms with van der Waals surface area (Å²) < 4.78 is 11.4. The molecule has 28 heavy (non-hydrogen) atoms. The Hall–Kier alpha value is -3.39. The zero-order valence-electron chi connectivity index (χ0n) is 14.8. The molecule has 3 rings (SSSR count). The number of nitrogens with zero attached hydrogens (tertiary/aromatic N) is 2. The molecule has 0 atom stereocenters. The third-order valence-electron chi connectivity index (χ3n) is 3.75. The van der Waals surface area contributed by atoms with E-state index in [0.717, 1.165) is 0 Å². The molecule has 0 saturated heterocycles. The first kappa shape index (κ1) is 19.4. The number of carbonyl (C=O) groups excluding carboxylic acids is 2. The van der Waals surface area contributed by atoms with Crippen LogP contribution >= 0.6 is 11.6 Å². The van der Waals surface area contributed by atoms with Crippen LogP contribution in [0.1, 0.15) is 21.9 Å². The van der Waals surface area contributed by atoms with Crippen LogP contribution in [0.25, 0.3) is 5.69 Å². The van der Waals surface area contributed by atoms with Gasteiger partial charge in [0.25, 0.3) is 5.91 Å². The SMILES string of the molecule is Cc1cc(=O)c(C(=O)OCC(=O)NCc2ccco2)nn1-c1ccc(Cl)cc1. The molecular weight excluding hydrogens is 386 g/mol. The number of rotatable bonds is 6. The fourth-order valence-electron chi connectivity index (χ4n) is 2.38. The summed E-state index contributed by atoms with van der Waals surface area (Å²) in [5, 5.41) is 7.15. The van der Waals surface area contributed by atoms with Crippen molar-refractivity contribution in [3.8, 4) is 5.69 Å². The lowest BCUT2D eigenvalue weighted by Crippen LogP contribution is -2.30. The Balaban J connectivity index is 1.69. The number of carbonyl (C=O) groups is 2. The number of esters is 1. The first-order chi connectivity index (χ1) is 13.4. The Kier molecular flexibility index (Phi) is 5.90. The van der Waals surface area contributed by atoms with Crippen molar-refractivity contribution in [1.29, 1.82) is 0 Å². The van der Waals surface area contributed by atoms with Gasteiger partial charge in [-0.1, -0.05) is 11.6 Å². The number of benzene rings is 1. The number of hydrogen-bond donors (Lipinski definition) is 1. The first-order valence-electron chi connectivity index (χ1n) is 8.27. The van der Waals surface area contributed by atoms with E-state index in [1.165, 1.54) is 17.0 Å². The highest BCUT2D eigenvalue weighted by Crippen LogP contribution is 2.14. The van der Waals surface area contributed by atoms with Crippen molar-refractivity contribution in [2.75, 3.05) is 6.61 Å². The van der Waals surface area contributed by atoms with Gasteiger partial charge in [-0.15, -0.1) is 0 Å². The van der Waals surface area contributed by atoms with Gasteiger partial charge >= 0.3 is 5.97 Å². The average Bonchev–Trinajstić information content (AvgIpc) is 3.19. The molecule has 0 unspecified atom stereocenters. The number of furan rings is 1. The highest BCUT2D eigenvalue weighted by molar-refractivity contribution is 6.30. The predicted octanol–water partition coefficient (Wildman–Crippen LogP) is 2.26. The molecule has 0 aliphatic carbocycles. The molecule has 2 aromatic heterocycles. The molecule has 1 amide bonds. The maximum Gasteiger partial charge on any atom is 0.363 e. The minimum atomic E-state index is -0.985. The molecule has 144 valence electrons. The van der Waals surface area contributed by atoms with Crippen molar-refractivity contribution in [1.82, 2.24) is 15.1 Å². The molecule has 1 N–H and O–H groups in total. The summed E-state index contributed by atoms with van der Waals surface area (Å²) >= 11 is 5.88. The van der Waals surface area contributed by atoms with E-state index in [0.29, 0.717) is 22.2 Å². The Bertz CT molecular complexity index is 1040. The molecule has 0 spiro atoms. The smallest absolute Gasteiger partial charge is 0.363 e. The van der Waals surface area contributed by atoms with Gasteiger partial charge in [0.05, 0.1) is 18.5 Å². The second-order valence-corrected chi connectivity index (χ2v) is 6.26. The Morgan fingerprint density at radius 1 is 1.25 bits per heavy atom. The summed E-state index contributed by atoms with van der Waals surface area (Å²) in [5.41, 5.74) is 0.135. The van der Waals surface area contributed by atoms with Crippen LogP contribution in [0.4, 0.5) is 0 Å². The average molecular weight is 402 g/mol. The van der Waals surface area contributed by atoms with Crippen LogP contribution < -0.4 is 10.7 Å². The molecule has 3 aromatic rings. The highest BCUT2D eigenvalue weighted by Gasteiger charge is 2.18. The summed E-state index contributed by atoms with van der Waals surface area (Å²) in [4.78, 5) is 36.2. The zero-order chi connectivity index (χ0) is 20.1. The molecular formula is C19H16ClN3O5. The van der Waals surface area contributed by atoms with Gasteiger partial charge in [-0.3, -0.25) is 9.59 Å². The predicted molar refractivity (Wildman–Crippen MR) is 100 cm³/mol. The highest BCUT2D eigenvalue weighted by atomic mass is 35.5. The lowest BCUT2D eigenvalue weighted by atomic mass is 10.3. The van der Waals surface area contributed by atoms with Crippen LogP contribution in [0, 0.1) is 6.92 Å². The number of ether oxygens (including phenoxy) is 1. The quantitative estimate of drug-likeness (QED) is 0.635. The van der Waals surface area contributed by atoms with Crippen LogP contribution in [0.5, 0.6) is 0 Å². The van der Waals surface area contributed by atoms with E-state index in [-0.39, 0.29) is 6.54 Å². The van der Waals surface area contributed by atoms with Crippen molar-refractivity contribution in [3.05, 3.63) is 81.1 Å².